The van der Waals surface area contributed by atoms with Crippen LogP contribution in [0.4, 0.5) is 4.79 Å². The van der Waals surface area contributed by atoms with E-state index in [-0.39, 0.29) is 38.1 Å². The summed E-state index contributed by atoms with van der Waals surface area (Å²) in [5.74, 6) is -0.846. The van der Waals surface area contributed by atoms with E-state index in [2.05, 4.69) is 17.4 Å². The maximum absolute atomic E-state index is 12.8. The Morgan fingerprint density at radius 1 is 1.18 bits per heavy atom. The predicted octanol–water partition coefficient (Wildman–Crippen LogP) is 3.90. The van der Waals surface area contributed by atoms with Crippen molar-refractivity contribution < 1.29 is 29.0 Å². The molecule has 9 heteroatoms. The van der Waals surface area contributed by atoms with Gasteiger partial charge in [0.15, 0.2) is 0 Å². The van der Waals surface area contributed by atoms with Crippen molar-refractivity contribution in [2.24, 2.45) is 11.3 Å². The van der Waals surface area contributed by atoms with Gasteiger partial charge in [0.1, 0.15) is 11.6 Å². The Hall–Kier alpha value is -2.68. The number of aryl methyl sites for hydroxylation is 3. The minimum Gasteiger partial charge on any atom is -0.480 e. The van der Waals surface area contributed by atoms with E-state index in [0.717, 1.165) is 38.5 Å². The van der Waals surface area contributed by atoms with Crippen molar-refractivity contribution >= 4 is 18.0 Å². The number of pyridine rings is 1. The van der Waals surface area contributed by atoms with Crippen LogP contribution in [0, 0.1) is 11.3 Å². The quantitative estimate of drug-likeness (QED) is 0.472. The van der Waals surface area contributed by atoms with Gasteiger partial charge in [0.05, 0.1) is 11.5 Å². The lowest BCUT2D eigenvalue weighted by Crippen LogP contribution is -2.65. The highest BCUT2D eigenvalue weighted by Gasteiger charge is 2.49. The summed E-state index contributed by atoms with van der Waals surface area (Å²) in [6.45, 7) is 7.75. The molecule has 4 rings (SSSR count). The molecule has 1 aromatic rings. The molecule has 1 saturated heterocycles. The Morgan fingerprint density at radius 2 is 1.89 bits per heavy atom. The molecule has 2 fully saturated rings. The molecule has 2 amide bonds. The van der Waals surface area contributed by atoms with E-state index in [1.807, 2.05) is 0 Å². The maximum Gasteiger partial charge on any atom is 0.410 e. The Labute approximate surface area is 225 Å². The van der Waals surface area contributed by atoms with E-state index in [9.17, 15) is 19.5 Å². The molecule has 9 nitrogen and oxygen atoms in total. The van der Waals surface area contributed by atoms with Crippen LogP contribution in [0.3, 0.4) is 0 Å². The van der Waals surface area contributed by atoms with Crippen LogP contribution < -0.4 is 5.32 Å². The third-order valence-corrected chi connectivity index (χ3v) is 7.88. The molecule has 1 unspecified atom stereocenters. The van der Waals surface area contributed by atoms with Gasteiger partial charge in [-0.3, -0.25) is 9.78 Å². The summed E-state index contributed by atoms with van der Waals surface area (Å²) in [5, 5.41) is 12.3. The smallest absolute Gasteiger partial charge is 0.410 e. The molecule has 1 saturated carbocycles. The third-order valence-electron chi connectivity index (χ3n) is 7.88. The number of likely N-dealkylation sites (tertiary alicyclic amines) is 1. The summed E-state index contributed by atoms with van der Waals surface area (Å²) in [4.78, 5) is 43.1. The molecule has 2 heterocycles. The first-order chi connectivity index (χ1) is 17.9. The Kier molecular flexibility index (Phi) is 8.65. The number of rotatable bonds is 10. The largest absolute Gasteiger partial charge is 0.480 e. The second-order valence-corrected chi connectivity index (χ2v) is 12.5. The van der Waals surface area contributed by atoms with Crippen LogP contribution in [-0.2, 0) is 38.3 Å². The van der Waals surface area contributed by atoms with Gasteiger partial charge in [0, 0.05) is 37.5 Å². The average molecular weight is 530 g/mol. The number of amides is 2. The number of carbonyl (C=O) groups is 3. The maximum atomic E-state index is 12.8. The summed E-state index contributed by atoms with van der Waals surface area (Å²) in [6, 6.07) is 3.40. The van der Waals surface area contributed by atoms with E-state index < -0.39 is 29.1 Å². The SMILES string of the molecule is CC(C)(C)OC(=O)N1CC(C)(C(=O)NC(CCOC2CC(CCc3ccc4c(n3)CCCC4)C2)C(=O)O)C1. The zero-order valence-corrected chi connectivity index (χ0v) is 23.3. The number of nitrogens with one attached hydrogen (secondary N) is 1. The standard InChI is InChI=1S/C29H43N3O6/c1-28(2,3)38-27(36)32-17-29(4,18-32)26(35)31-24(25(33)34)13-14-37-22-15-19(16-22)9-11-21-12-10-20-7-5-6-8-23(20)30-21/h10,12,19,22,24H,5-9,11,13-18H2,1-4H3,(H,31,35)(H,33,34). The van der Waals surface area contributed by atoms with Gasteiger partial charge in [0.25, 0.3) is 0 Å². The molecule has 0 spiro atoms. The van der Waals surface area contributed by atoms with Crippen LogP contribution in [0.5, 0.6) is 0 Å². The van der Waals surface area contributed by atoms with Crippen molar-refractivity contribution in [1.82, 2.24) is 15.2 Å². The van der Waals surface area contributed by atoms with Crippen LogP contribution in [0.25, 0.3) is 0 Å². The van der Waals surface area contributed by atoms with Gasteiger partial charge < -0.3 is 24.8 Å². The Bertz CT molecular complexity index is 1020. The number of aliphatic carboxylic acids is 1. The summed E-state index contributed by atoms with van der Waals surface area (Å²) in [6.07, 6.45) is 8.69. The molecule has 0 bridgehead atoms. The third kappa shape index (κ3) is 7.24. The molecule has 38 heavy (non-hydrogen) atoms. The number of aromatic nitrogens is 1. The zero-order valence-electron chi connectivity index (χ0n) is 23.3. The van der Waals surface area contributed by atoms with Crippen molar-refractivity contribution in [2.75, 3.05) is 19.7 Å². The van der Waals surface area contributed by atoms with Gasteiger partial charge in [0.2, 0.25) is 5.91 Å². The van der Waals surface area contributed by atoms with Gasteiger partial charge in [-0.05, 0) is 96.6 Å². The number of ether oxygens (including phenoxy) is 2. The molecular weight excluding hydrogens is 486 g/mol. The lowest BCUT2D eigenvalue weighted by Gasteiger charge is -2.46. The minimum atomic E-state index is -1.09. The van der Waals surface area contributed by atoms with E-state index in [4.69, 9.17) is 14.5 Å². The van der Waals surface area contributed by atoms with Crippen molar-refractivity contribution in [3.8, 4) is 0 Å². The summed E-state index contributed by atoms with van der Waals surface area (Å²) in [5.41, 5.74) is 2.44. The van der Waals surface area contributed by atoms with Gasteiger partial charge in [-0.25, -0.2) is 9.59 Å². The second-order valence-electron chi connectivity index (χ2n) is 12.5. The molecule has 0 aromatic carbocycles. The number of hydrogen-bond donors (Lipinski definition) is 2. The highest BCUT2D eigenvalue weighted by Crippen LogP contribution is 2.34. The van der Waals surface area contributed by atoms with Crippen molar-refractivity contribution in [3.05, 3.63) is 29.1 Å². The highest BCUT2D eigenvalue weighted by molar-refractivity contribution is 5.89. The first kappa shape index (κ1) is 28.3. The molecule has 1 aromatic heterocycles. The molecule has 3 aliphatic rings. The highest BCUT2D eigenvalue weighted by atomic mass is 16.6. The van der Waals surface area contributed by atoms with Crippen molar-refractivity contribution in [3.63, 3.8) is 0 Å². The van der Waals surface area contributed by atoms with E-state index >= 15 is 0 Å². The van der Waals surface area contributed by atoms with Gasteiger partial charge in [-0.1, -0.05) is 6.07 Å². The number of carboxylic acid groups (broad SMARTS) is 1. The van der Waals surface area contributed by atoms with Crippen molar-refractivity contribution in [2.45, 2.75) is 103 Å². The molecule has 2 N–H and O–H groups in total. The summed E-state index contributed by atoms with van der Waals surface area (Å²) < 4.78 is 11.3. The lowest BCUT2D eigenvalue weighted by atomic mass is 9.79. The van der Waals surface area contributed by atoms with Gasteiger partial charge >= 0.3 is 12.1 Å². The average Bonchev–Trinajstić information content (AvgIpc) is 2.80. The minimum absolute atomic E-state index is 0.146. The fourth-order valence-corrected chi connectivity index (χ4v) is 5.50. The fraction of sp³-hybridized carbons (Fsp3) is 0.724. The monoisotopic (exact) mass is 529 g/mol. The van der Waals surface area contributed by atoms with Crippen LogP contribution in [-0.4, -0.2) is 70.4 Å². The number of nitrogens with zero attached hydrogens (tertiary/aromatic N) is 2. The van der Waals surface area contributed by atoms with Gasteiger partial charge in [-0.15, -0.1) is 0 Å². The molecule has 1 aliphatic heterocycles. The first-order valence-corrected chi connectivity index (χ1v) is 14.0. The van der Waals surface area contributed by atoms with Crippen LogP contribution in [0.2, 0.25) is 0 Å². The molecular formula is C29H43N3O6. The Morgan fingerprint density at radius 3 is 2.58 bits per heavy atom. The van der Waals surface area contributed by atoms with E-state index in [0.29, 0.717) is 5.92 Å². The normalized spacial score (nSPS) is 22.9. The number of carboxylic acids is 1. The number of carbonyl (C=O) groups excluding carboxylic acids is 2. The van der Waals surface area contributed by atoms with E-state index in [1.165, 1.54) is 34.7 Å². The number of fused-ring (bicyclic) bond motifs is 1. The van der Waals surface area contributed by atoms with Crippen LogP contribution in [0.1, 0.15) is 83.2 Å². The van der Waals surface area contributed by atoms with Crippen molar-refractivity contribution in [1.29, 1.82) is 0 Å². The molecule has 1 atom stereocenters. The Balaban J connectivity index is 1.12. The second kappa shape index (κ2) is 11.6. The van der Waals surface area contributed by atoms with E-state index in [1.54, 1.807) is 27.7 Å². The molecule has 210 valence electrons. The fourth-order valence-electron chi connectivity index (χ4n) is 5.50. The molecule has 0 radical (unpaired) electrons. The molecule has 2 aliphatic carbocycles. The topological polar surface area (TPSA) is 118 Å². The van der Waals surface area contributed by atoms with Crippen LogP contribution >= 0.6 is 0 Å². The van der Waals surface area contributed by atoms with Gasteiger partial charge in [-0.2, -0.15) is 0 Å². The lowest BCUT2D eigenvalue weighted by molar-refractivity contribution is -0.148. The predicted molar refractivity (Wildman–Crippen MR) is 142 cm³/mol. The zero-order chi connectivity index (χ0) is 27.5. The first-order valence-electron chi connectivity index (χ1n) is 14.0. The summed E-state index contributed by atoms with van der Waals surface area (Å²) in [7, 11) is 0. The number of hydrogen-bond acceptors (Lipinski definition) is 6. The van der Waals surface area contributed by atoms with Crippen LogP contribution in [0.15, 0.2) is 12.1 Å². The summed E-state index contributed by atoms with van der Waals surface area (Å²) >= 11 is 0.